The lowest BCUT2D eigenvalue weighted by molar-refractivity contribution is -0.123. The number of amides is 1. The summed E-state index contributed by atoms with van der Waals surface area (Å²) in [6, 6.07) is 8.58. The van der Waals surface area contributed by atoms with Crippen LogP contribution in [0.5, 0.6) is 0 Å². The summed E-state index contributed by atoms with van der Waals surface area (Å²) in [6.45, 7) is 10.4. The Morgan fingerprint density at radius 3 is 2.30 bits per heavy atom. The summed E-state index contributed by atoms with van der Waals surface area (Å²) in [7, 11) is 0. The van der Waals surface area contributed by atoms with E-state index < -0.39 is 0 Å². The van der Waals surface area contributed by atoms with Crippen molar-refractivity contribution in [2.45, 2.75) is 52.2 Å². The lowest BCUT2D eigenvalue weighted by atomic mass is 9.93. The van der Waals surface area contributed by atoms with Crippen LogP contribution in [-0.4, -0.2) is 41.7 Å². The van der Waals surface area contributed by atoms with Crippen molar-refractivity contribution in [2.75, 3.05) is 19.6 Å². The molecule has 1 fully saturated rings. The normalized spacial score (nSPS) is 20.2. The topological polar surface area (TPSA) is 52.6 Å². The fourth-order valence-electron chi connectivity index (χ4n) is 3.10. The number of nitrogens with zero attached hydrogens (tertiary/aromatic N) is 1. The molecule has 1 aromatic carbocycles. The molecule has 0 spiro atoms. The maximum Gasteiger partial charge on any atom is 0.234 e. The minimum atomic E-state index is -0.285. The smallest absolute Gasteiger partial charge is 0.234 e. The Kier molecular flexibility index (Phi) is 6.19. The molecule has 0 bridgehead atoms. The number of likely N-dealkylation sites (tertiary alicyclic amines) is 1. The number of hydrogen-bond donors (Lipinski definition) is 2. The van der Waals surface area contributed by atoms with Gasteiger partial charge in [-0.2, -0.15) is 0 Å². The molecule has 1 amide bonds. The lowest BCUT2D eigenvalue weighted by Crippen LogP contribution is -2.39. The van der Waals surface area contributed by atoms with Gasteiger partial charge < -0.3 is 10.4 Å². The van der Waals surface area contributed by atoms with Gasteiger partial charge in [0.25, 0.3) is 0 Å². The molecular formula is C19H30N2O2. The van der Waals surface area contributed by atoms with Gasteiger partial charge in [0.2, 0.25) is 5.91 Å². The van der Waals surface area contributed by atoms with Gasteiger partial charge in [-0.15, -0.1) is 0 Å². The summed E-state index contributed by atoms with van der Waals surface area (Å²) in [5.74, 6) is 0.872. The number of carbonyl (C=O) groups excluding carboxylic acids is 1. The summed E-state index contributed by atoms with van der Waals surface area (Å²) in [5, 5.41) is 12.7. The Balaban J connectivity index is 1.99. The zero-order valence-corrected chi connectivity index (χ0v) is 14.7. The molecule has 2 N–H and O–H groups in total. The molecule has 4 heteroatoms. The summed E-state index contributed by atoms with van der Waals surface area (Å²) in [6.07, 6.45) is 0.477. The van der Waals surface area contributed by atoms with Crippen molar-refractivity contribution in [3.8, 4) is 0 Å². The number of β-amino-alcohol motifs (C(OH)–C–C–N with tert-alkyl or cyclic N) is 1. The van der Waals surface area contributed by atoms with Gasteiger partial charge in [0.05, 0.1) is 18.7 Å². The van der Waals surface area contributed by atoms with Crippen molar-refractivity contribution in [3.63, 3.8) is 0 Å². The molecule has 0 radical (unpaired) electrons. The number of benzene rings is 1. The monoisotopic (exact) mass is 318 g/mol. The molecule has 1 aliphatic heterocycles. The molecule has 1 aliphatic rings. The van der Waals surface area contributed by atoms with E-state index in [1.807, 2.05) is 4.90 Å². The van der Waals surface area contributed by atoms with Crippen LogP contribution in [0.4, 0.5) is 0 Å². The average Bonchev–Trinajstić information content (AvgIpc) is 2.89. The lowest BCUT2D eigenvalue weighted by Gasteiger charge is -2.25. The fraction of sp³-hybridized carbons (Fsp3) is 0.632. The van der Waals surface area contributed by atoms with Gasteiger partial charge in [0.15, 0.2) is 0 Å². The highest BCUT2D eigenvalue weighted by molar-refractivity contribution is 5.78. The van der Waals surface area contributed by atoms with E-state index in [1.54, 1.807) is 0 Å². The quantitative estimate of drug-likeness (QED) is 0.848. The minimum absolute atomic E-state index is 0.0243. The Bertz CT molecular complexity index is 511. The van der Waals surface area contributed by atoms with Crippen LogP contribution >= 0.6 is 0 Å². The first-order valence-electron chi connectivity index (χ1n) is 8.66. The van der Waals surface area contributed by atoms with Crippen molar-refractivity contribution in [3.05, 3.63) is 35.4 Å². The van der Waals surface area contributed by atoms with E-state index in [-0.39, 0.29) is 18.1 Å². The molecule has 2 unspecified atom stereocenters. The van der Waals surface area contributed by atoms with Crippen LogP contribution < -0.4 is 5.32 Å². The van der Waals surface area contributed by atoms with Crippen LogP contribution in [0.3, 0.4) is 0 Å². The molecule has 2 rings (SSSR count). The number of rotatable bonds is 6. The Labute approximate surface area is 139 Å². The van der Waals surface area contributed by atoms with E-state index in [1.165, 1.54) is 5.56 Å². The Morgan fingerprint density at radius 1 is 1.22 bits per heavy atom. The van der Waals surface area contributed by atoms with Crippen molar-refractivity contribution >= 4 is 5.91 Å². The van der Waals surface area contributed by atoms with E-state index in [9.17, 15) is 9.90 Å². The van der Waals surface area contributed by atoms with Gasteiger partial charge in [-0.25, -0.2) is 0 Å². The van der Waals surface area contributed by atoms with Crippen molar-refractivity contribution in [2.24, 2.45) is 5.92 Å². The Hall–Kier alpha value is -1.39. The van der Waals surface area contributed by atoms with Gasteiger partial charge >= 0.3 is 0 Å². The predicted molar refractivity (Wildman–Crippen MR) is 93.3 cm³/mol. The number of hydrogen-bond acceptors (Lipinski definition) is 3. The van der Waals surface area contributed by atoms with Crippen LogP contribution in [0.1, 0.15) is 57.2 Å². The molecule has 4 nitrogen and oxygen atoms in total. The molecule has 0 saturated carbocycles. The molecule has 1 aromatic rings. The van der Waals surface area contributed by atoms with Gasteiger partial charge in [0, 0.05) is 13.1 Å². The first kappa shape index (κ1) is 18.0. The second-order valence-electron chi connectivity index (χ2n) is 7.29. The average molecular weight is 318 g/mol. The molecule has 128 valence electrons. The number of aliphatic hydroxyl groups excluding tert-OH is 1. The van der Waals surface area contributed by atoms with Crippen molar-refractivity contribution in [1.29, 1.82) is 0 Å². The first-order chi connectivity index (χ1) is 10.9. The third-order valence-corrected chi connectivity index (χ3v) is 4.56. The standard InChI is InChI=1S/C19H30N2O2/c1-13(2)15-5-7-16(8-6-15)19(14(3)4)20-18(23)12-21-10-9-17(22)11-21/h5-8,13-14,17,19,22H,9-12H2,1-4H3,(H,20,23). The van der Waals surface area contributed by atoms with Crippen LogP contribution in [0, 0.1) is 5.92 Å². The third-order valence-electron chi connectivity index (χ3n) is 4.56. The first-order valence-corrected chi connectivity index (χ1v) is 8.66. The number of nitrogens with one attached hydrogen (secondary N) is 1. The Morgan fingerprint density at radius 2 is 1.83 bits per heavy atom. The third kappa shape index (κ3) is 5.05. The maximum absolute atomic E-state index is 12.3. The minimum Gasteiger partial charge on any atom is -0.392 e. The van der Waals surface area contributed by atoms with Crippen LogP contribution in [0.2, 0.25) is 0 Å². The van der Waals surface area contributed by atoms with Crippen LogP contribution in [0.15, 0.2) is 24.3 Å². The molecule has 0 aromatic heterocycles. The van der Waals surface area contributed by atoms with E-state index in [0.29, 0.717) is 24.9 Å². The van der Waals surface area contributed by atoms with Gasteiger partial charge in [-0.05, 0) is 29.4 Å². The van der Waals surface area contributed by atoms with Crippen LogP contribution in [0.25, 0.3) is 0 Å². The van der Waals surface area contributed by atoms with Crippen LogP contribution in [-0.2, 0) is 4.79 Å². The fourth-order valence-corrected chi connectivity index (χ4v) is 3.10. The SMILES string of the molecule is CC(C)c1ccc(C(NC(=O)CN2CCC(O)C2)C(C)C)cc1. The highest BCUT2D eigenvalue weighted by atomic mass is 16.3. The summed E-state index contributed by atoms with van der Waals surface area (Å²) in [4.78, 5) is 14.3. The summed E-state index contributed by atoms with van der Waals surface area (Å²) >= 11 is 0. The second kappa shape index (κ2) is 7.93. The van der Waals surface area contributed by atoms with Crippen molar-refractivity contribution < 1.29 is 9.90 Å². The summed E-state index contributed by atoms with van der Waals surface area (Å²) in [5.41, 5.74) is 2.47. The molecule has 1 heterocycles. The van der Waals surface area contributed by atoms with E-state index in [2.05, 4.69) is 57.3 Å². The molecular weight excluding hydrogens is 288 g/mol. The number of aliphatic hydroxyl groups is 1. The highest BCUT2D eigenvalue weighted by Gasteiger charge is 2.24. The molecule has 2 atom stereocenters. The van der Waals surface area contributed by atoms with Crippen molar-refractivity contribution in [1.82, 2.24) is 10.2 Å². The summed E-state index contributed by atoms with van der Waals surface area (Å²) < 4.78 is 0. The second-order valence-corrected chi connectivity index (χ2v) is 7.29. The molecule has 0 aliphatic carbocycles. The van der Waals surface area contributed by atoms with E-state index in [0.717, 1.165) is 18.5 Å². The van der Waals surface area contributed by atoms with Gasteiger partial charge in [-0.1, -0.05) is 52.0 Å². The number of carbonyl (C=O) groups is 1. The zero-order valence-electron chi connectivity index (χ0n) is 14.7. The van der Waals surface area contributed by atoms with Gasteiger partial charge in [-0.3, -0.25) is 9.69 Å². The zero-order chi connectivity index (χ0) is 17.0. The maximum atomic E-state index is 12.3. The molecule has 1 saturated heterocycles. The largest absolute Gasteiger partial charge is 0.392 e. The van der Waals surface area contributed by atoms with Gasteiger partial charge in [0.1, 0.15) is 0 Å². The predicted octanol–water partition coefficient (Wildman–Crippen LogP) is 2.69. The highest BCUT2D eigenvalue weighted by Crippen LogP contribution is 2.24. The molecule has 23 heavy (non-hydrogen) atoms. The van der Waals surface area contributed by atoms with E-state index in [4.69, 9.17) is 0 Å². The van der Waals surface area contributed by atoms with E-state index >= 15 is 0 Å².